The molecule has 0 aromatic rings. The first-order chi connectivity index (χ1) is 8.95. The van der Waals surface area contributed by atoms with Gasteiger partial charge in [0.25, 0.3) is 0 Å². The fourth-order valence-electron chi connectivity index (χ4n) is 3.66. The van der Waals surface area contributed by atoms with Crippen molar-refractivity contribution in [1.82, 2.24) is 9.80 Å². The molecule has 0 spiro atoms. The van der Waals surface area contributed by atoms with Crippen molar-refractivity contribution in [3.8, 4) is 0 Å². The Morgan fingerprint density at radius 3 is 2.47 bits per heavy atom. The highest BCUT2D eigenvalue weighted by Gasteiger charge is 2.46. The van der Waals surface area contributed by atoms with Crippen molar-refractivity contribution in [2.75, 3.05) is 39.8 Å². The quantitative estimate of drug-likeness (QED) is 0.835. The van der Waals surface area contributed by atoms with E-state index in [1.807, 2.05) is 7.11 Å². The lowest BCUT2D eigenvalue weighted by Gasteiger charge is -2.48. The van der Waals surface area contributed by atoms with Crippen LogP contribution in [0.2, 0.25) is 0 Å². The van der Waals surface area contributed by atoms with Crippen LogP contribution in [0, 0.1) is 0 Å². The van der Waals surface area contributed by atoms with E-state index in [2.05, 4.69) is 30.6 Å². The van der Waals surface area contributed by atoms with Gasteiger partial charge in [0.2, 0.25) is 0 Å². The van der Waals surface area contributed by atoms with E-state index in [1.54, 1.807) is 0 Å². The minimum Gasteiger partial charge on any atom is -0.377 e. The molecular weight excluding hydrogens is 238 g/mol. The lowest BCUT2D eigenvalue weighted by Crippen LogP contribution is -2.62. The van der Waals surface area contributed by atoms with Crippen LogP contribution in [0.1, 0.15) is 40.0 Å². The second-order valence-electron chi connectivity index (χ2n) is 6.92. The normalized spacial score (nSPS) is 38.2. The van der Waals surface area contributed by atoms with Crippen LogP contribution < -0.4 is 5.73 Å². The Hall–Kier alpha value is -0.160. The molecule has 0 radical (unpaired) electrons. The molecular formula is C15H31N3O. The van der Waals surface area contributed by atoms with Gasteiger partial charge in [-0.15, -0.1) is 0 Å². The Labute approximate surface area is 118 Å². The van der Waals surface area contributed by atoms with Gasteiger partial charge < -0.3 is 10.5 Å². The SMILES string of the molecule is COC1(C)CCCN(C2(CN)CCN(C(C)C)C2)C1. The first-order valence-corrected chi connectivity index (χ1v) is 7.69. The van der Waals surface area contributed by atoms with Crippen molar-refractivity contribution < 1.29 is 4.74 Å². The molecule has 112 valence electrons. The molecule has 2 unspecified atom stereocenters. The van der Waals surface area contributed by atoms with E-state index in [1.165, 1.54) is 25.9 Å². The maximum Gasteiger partial charge on any atom is 0.0777 e. The second kappa shape index (κ2) is 5.68. The summed E-state index contributed by atoms with van der Waals surface area (Å²) >= 11 is 0. The molecule has 0 aliphatic carbocycles. The van der Waals surface area contributed by atoms with Gasteiger partial charge in [0.15, 0.2) is 0 Å². The van der Waals surface area contributed by atoms with Crippen molar-refractivity contribution in [3.05, 3.63) is 0 Å². The van der Waals surface area contributed by atoms with Gasteiger partial charge in [-0.3, -0.25) is 9.80 Å². The standard InChI is InChI=1S/C15H31N3O/c1-13(2)17-9-7-15(10-16,12-17)18-8-5-6-14(3,11-18)19-4/h13H,5-12,16H2,1-4H3. The van der Waals surface area contributed by atoms with E-state index >= 15 is 0 Å². The molecule has 0 aromatic carbocycles. The third-order valence-electron chi connectivity index (χ3n) is 5.29. The summed E-state index contributed by atoms with van der Waals surface area (Å²) in [5.41, 5.74) is 6.36. The largest absolute Gasteiger partial charge is 0.377 e. The molecule has 0 bridgehead atoms. The van der Waals surface area contributed by atoms with Crippen molar-refractivity contribution in [3.63, 3.8) is 0 Å². The van der Waals surface area contributed by atoms with Gasteiger partial charge in [0.1, 0.15) is 0 Å². The molecule has 19 heavy (non-hydrogen) atoms. The third-order valence-corrected chi connectivity index (χ3v) is 5.29. The van der Waals surface area contributed by atoms with Gasteiger partial charge >= 0.3 is 0 Å². The summed E-state index contributed by atoms with van der Waals surface area (Å²) in [6, 6.07) is 0.618. The molecule has 2 heterocycles. The Morgan fingerprint density at radius 1 is 1.21 bits per heavy atom. The zero-order valence-electron chi connectivity index (χ0n) is 13.1. The van der Waals surface area contributed by atoms with Gasteiger partial charge in [-0.2, -0.15) is 0 Å². The van der Waals surface area contributed by atoms with Crippen LogP contribution in [0.25, 0.3) is 0 Å². The van der Waals surface area contributed by atoms with Crippen LogP contribution in [0.4, 0.5) is 0 Å². The number of nitrogens with zero attached hydrogens (tertiary/aromatic N) is 2. The third kappa shape index (κ3) is 2.97. The fourth-order valence-corrected chi connectivity index (χ4v) is 3.66. The molecule has 0 aromatic heterocycles. The number of likely N-dealkylation sites (tertiary alicyclic amines) is 2. The van der Waals surface area contributed by atoms with Crippen LogP contribution in [0.3, 0.4) is 0 Å². The Bertz CT molecular complexity index is 310. The summed E-state index contributed by atoms with van der Waals surface area (Å²) in [6.45, 7) is 12.0. The molecule has 4 nitrogen and oxygen atoms in total. The highest BCUT2D eigenvalue weighted by atomic mass is 16.5. The number of nitrogens with two attached hydrogens (primary N) is 1. The maximum absolute atomic E-state index is 6.18. The van der Waals surface area contributed by atoms with Crippen LogP contribution in [-0.4, -0.2) is 66.8 Å². The van der Waals surface area contributed by atoms with E-state index in [-0.39, 0.29) is 11.1 Å². The summed E-state index contributed by atoms with van der Waals surface area (Å²) in [6.07, 6.45) is 3.57. The highest BCUT2D eigenvalue weighted by Crippen LogP contribution is 2.34. The molecule has 2 aliphatic rings. The zero-order valence-corrected chi connectivity index (χ0v) is 13.1. The summed E-state index contributed by atoms with van der Waals surface area (Å²) in [5.74, 6) is 0. The van der Waals surface area contributed by atoms with E-state index in [0.717, 1.165) is 26.1 Å². The number of ether oxygens (including phenoxy) is 1. The summed E-state index contributed by atoms with van der Waals surface area (Å²) in [5, 5.41) is 0. The first kappa shape index (κ1) is 15.2. The second-order valence-corrected chi connectivity index (χ2v) is 6.92. The maximum atomic E-state index is 6.18. The predicted octanol–water partition coefficient (Wildman–Crippen LogP) is 1.30. The molecule has 2 fully saturated rings. The number of rotatable bonds is 4. The topological polar surface area (TPSA) is 41.7 Å². The summed E-state index contributed by atoms with van der Waals surface area (Å²) < 4.78 is 5.74. The molecule has 4 heteroatoms. The predicted molar refractivity (Wildman–Crippen MR) is 79.3 cm³/mol. The average molecular weight is 269 g/mol. The average Bonchev–Trinajstić information content (AvgIpc) is 2.85. The molecule has 2 atom stereocenters. The van der Waals surface area contributed by atoms with Gasteiger partial charge in [0.05, 0.1) is 5.60 Å². The lowest BCUT2D eigenvalue weighted by molar-refractivity contribution is -0.0783. The van der Waals surface area contributed by atoms with Crippen molar-refractivity contribution >= 4 is 0 Å². The summed E-state index contributed by atoms with van der Waals surface area (Å²) in [4.78, 5) is 5.17. The minimum absolute atomic E-state index is 0.00563. The Morgan fingerprint density at radius 2 is 1.95 bits per heavy atom. The van der Waals surface area contributed by atoms with E-state index in [9.17, 15) is 0 Å². The molecule has 0 amide bonds. The van der Waals surface area contributed by atoms with E-state index in [0.29, 0.717) is 6.04 Å². The van der Waals surface area contributed by atoms with Crippen LogP contribution in [0.5, 0.6) is 0 Å². The molecule has 2 aliphatic heterocycles. The number of hydrogen-bond acceptors (Lipinski definition) is 4. The van der Waals surface area contributed by atoms with Crippen molar-refractivity contribution in [1.29, 1.82) is 0 Å². The van der Waals surface area contributed by atoms with Gasteiger partial charge in [0, 0.05) is 44.9 Å². The van der Waals surface area contributed by atoms with Crippen LogP contribution in [-0.2, 0) is 4.74 Å². The highest BCUT2D eigenvalue weighted by molar-refractivity contribution is 5.03. The Kier molecular flexibility index (Phi) is 4.56. The number of piperidine rings is 1. The molecule has 2 saturated heterocycles. The first-order valence-electron chi connectivity index (χ1n) is 7.69. The monoisotopic (exact) mass is 269 g/mol. The van der Waals surface area contributed by atoms with Crippen molar-refractivity contribution in [2.45, 2.75) is 57.2 Å². The van der Waals surface area contributed by atoms with Crippen LogP contribution in [0.15, 0.2) is 0 Å². The molecule has 0 saturated carbocycles. The Balaban J connectivity index is 2.09. The van der Waals surface area contributed by atoms with Gasteiger partial charge in [-0.1, -0.05) is 0 Å². The summed E-state index contributed by atoms with van der Waals surface area (Å²) in [7, 11) is 1.84. The van der Waals surface area contributed by atoms with Gasteiger partial charge in [-0.25, -0.2) is 0 Å². The van der Waals surface area contributed by atoms with Crippen LogP contribution >= 0.6 is 0 Å². The van der Waals surface area contributed by atoms with E-state index < -0.39 is 0 Å². The van der Waals surface area contributed by atoms with Gasteiger partial charge in [-0.05, 0) is 46.6 Å². The molecule has 2 rings (SSSR count). The lowest BCUT2D eigenvalue weighted by atomic mass is 9.87. The number of methoxy groups -OCH3 is 1. The minimum atomic E-state index is 0.00563. The zero-order chi connectivity index (χ0) is 14.1. The number of hydrogen-bond donors (Lipinski definition) is 1. The van der Waals surface area contributed by atoms with Crippen molar-refractivity contribution in [2.24, 2.45) is 5.73 Å². The smallest absolute Gasteiger partial charge is 0.0777 e. The molecule has 2 N–H and O–H groups in total. The fraction of sp³-hybridized carbons (Fsp3) is 1.00. The van der Waals surface area contributed by atoms with E-state index in [4.69, 9.17) is 10.5 Å².